The van der Waals surface area contributed by atoms with E-state index in [2.05, 4.69) is 0 Å². The molecule has 8 nitrogen and oxygen atoms in total. The third-order valence-electron chi connectivity index (χ3n) is 5.26. The Morgan fingerprint density at radius 2 is 1.53 bits per heavy atom. The Morgan fingerprint density at radius 3 is 2.09 bits per heavy atom. The standard InChI is InChI=1S/C24H23N3O5/c1-25(2)27-14-22(32-15-16-8-10-18(31-3)11-9-16)21(28)12-17(27)13-26-23(29)19-6-4-5-7-20(19)24(26)30/h4-12,14H,13,15H2,1-3H3. The lowest BCUT2D eigenvalue weighted by Gasteiger charge is -2.24. The number of benzene rings is 2. The number of hydrogen-bond acceptors (Lipinski definition) is 6. The van der Waals surface area contributed by atoms with E-state index in [1.54, 1.807) is 61.4 Å². The maximum Gasteiger partial charge on any atom is 0.261 e. The zero-order valence-electron chi connectivity index (χ0n) is 18.1. The lowest BCUT2D eigenvalue weighted by atomic mass is 10.1. The predicted molar refractivity (Wildman–Crippen MR) is 119 cm³/mol. The SMILES string of the molecule is COc1ccc(COc2cn(N(C)C)c(CN3C(=O)c4ccccc4C3=O)cc2=O)cc1. The Kier molecular flexibility index (Phi) is 5.68. The molecule has 8 heteroatoms. The number of imide groups is 1. The summed E-state index contributed by atoms with van der Waals surface area (Å²) in [5.74, 6) is 0.160. The molecule has 2 heterocycles. The highest BCUT2D eigenvalue weighted by atomic mass is 16.5. The summed E-state index contributed by atoms with van der Waals surface area (Å²) in [5, 5.41) is 1.74. The van der Waals surface area contributed by atoms with E-state index in [1.807, 2.05) is 24.3 Å². The summed E-state index contributed by atoms with van der Waals surface area (Å²) in [7, 11) is 5.19. The molecule has 4 rings (SSSR count). The largest absolute Gasteiger partial charge is 0.497 e. The summed E-state index contributed by atoms with van der Waals surface area (Å²) in [6, 6.07) is 15.5. The topological polar surface area (TPSA) is 81.1 Å². The zero-order valence-corrected chi connectivity index (χ0v) is 18.1. The number of amides is 2. The van der Waals surface area contributed by atoms with Gasteiger partial charge in [0.25, 0.3) is 11.8 Å². The van der Waals surface area contributed by atoms with Gasteiger partial charge in [-0.05, 0) is 29.8 Å². The van der Waals surface area contributed by atoms with Crippen LogP contribution in [0.2, 0.25) is 0 Å². The average molecular weight is 433 g/mol. The molecule has 0 aliphatic carbocycles. The normalized spacial score (nSPS) is 12.7. The van der Waals surface area contributed by atoms with Gasteiger partial charge in [0.15, 0.2) is 5.75 Å². The number of rotatable bonds is 7. The Balaban J connectivity index is 1.57. The first-order valence-electron chi connectivity index (χ1n) is 10.0. The number of methoxy groups -OCH3 is 1. The number of carbonyl (C=O) groups excluding carboxylic acids is 2. The van der Waals surface area contributed by atoms with Gasteiger partial charge in [0.05, 0.1) is 36.7 Å². The van der Waals surface area contributed by atoms with E-state index in [4.69, 9.17) is 9.47 Å². The molecular weight excluding hydrogens is 410 g/mol. The van der Waals surface area contributed by atoms with Gasteiger partial charge in [-0.25, -0.2) is 0 Å². The van der Waals surface area contributed by atoms with Crippen LogP contribution in [0.15, 0.2) is 65.6 Å². The Morgan fingerprint density at radius 1 is 0.906 bits per heavy atom. The van der Waals surface area contributed by atoms with Crippen molar-refractivity contribution in [2.75, 3.05) is 26.2 Å². The van der Waals surface area contributed by atoms with Crippen molar-refractivity contribution in [3.63, 3.8) is 0 Å². The van der Waals surface area contributed by atoms with Crippen molar-refractivity contribution in [3.8, 4) is 11.5 Å². The van der Waals surface area contributed by atoms with Gasteiger partial charge in [0.1, 0.15) is 12.4 Å². The molecule has 2 amide bonds. The van der Waals surface area contributed by atoms with Crippen molar-refractivity contribution < 1.29 is 19.1 Å². The molecular formula is C24H23N3O5. The molecule has 0 saturated heterocycles. The number of fused-ring (bicyclic) bond motifs is 1. The van der Waals surface area contributed by atoms with Crippen molar-refractivity contribution in [1.29, 1.82) is 0 Å². The van der Waals surface area contributed by atoms with Crippen molar-refractivity contribution in [3.05, 3.63) is 93.4 Å². The number of carbonyl (C=O) groups is 2. The molecule has 0 radical (unpaired) electrons. The molecule has 1 aliphatic heterocycles. The van der Waals surface area contributed by atoms with Crippen LogP contribution in [0.25, 0.3) is 0 Å². The lowest BCUT2D eigenvalue weighted by molar-refractivity contribution is 0.0638. The minimum Gasteiger partial charge on any atom is -0.497 e. The minimum atomic E-state index is -0.372. The van der Waals surface area contributed by atoms with E-state index in [0.29, 0.717) is 16.8 Å². The molecule has 0 fully saturated rings. The van der Waals surface area contributed by atoms with Gasteiger partial charge in [0.2, 0.25) is 5.43 Å². The third-order valence-corrected chi connectivity index (χ3v) is 5.26. The summed E-state index contributed by atoms with van der Waals surface area (Å²) in [6.07, 6.45) is 1.57. The van der Waals surface area contributed by atoms with Crippen LogP contribution in [0.4, 0.5) is 0 Å². The fourth-order valence-corrected chi connectivity index (χ4v) is 3.57. The molecule has 1 aromatic heterocycles. The van der Waals surface area contributed by atoms with Gasteiger partial charge in [-0.1, -0.05) is 24.3 Å². The zero-order chi connectivity index (χ0) is 22.8. The molecule has 0 N–H and O–H groups in total. The molecule has 32 heavy (non-hydrogen) atoms. The van der Waals surface area contributed by atoms with E-state index in [1.165, 1.54) is 6.07 Å². The van der Waals surface area contributed by atoms with Crippen LogP contribution < -0.4 is 19.9 Å². The summed E-state index contributed by atoms with van der Waals surface area (Å²) in [6.45, 7) is 0.183. The highest BCUT2D eigenvalue weighted by Gasteiger charge is 2.35. The average Bonchev–Trinajstić information content (AvgIpc) is 3.03. The van der Waals surface area contributed by atoms with Crippen LogP contribution in [0.3, 0.4) is 0 Å². The molecule has 0 saturated carbocycles. The second kappa shape index (κ2) is 8.58. The number of ether oxygens (including phenoxy) is 2. The highest BCUT2D eigenvalue weighted by molar-refractivity contribution is 6.21. The van der Waals surface area contributed by atoms with Gasteiger partial charge in [-0.2, -0.15) is 0 Å². The molecule has 2 aromatic carbocycles. The maximum absolute atomic E-state index is 12.7. The molecule has 0 atom stereocenters. The first kappa shape index (κ1) is 21.2. The van der Waals surface area contributed by atoms with Crippen LogP contribution in [0, 0.1) is 0 Å². The first-order valence-corrected chi connectivity index (χ1v) is 10.0. The lowest BCUT2D eigenvalue weighted by Crippen LogP contribution is -2.35. The summed E-state index contributed by atoms with van der Waals surface area (Å²) >= 11 is 0. The van der Waals surface area contributed by atoms with Crippen molar-refractivity contribution in [1.82, 2.24) is 9.58 Å². The van der Waals surface area contributed by atoms with Crippen molar-refractivity contribution in [2.45, 2.75) is 13.2 Å². The fourth-order valence-electron chi connectivity index (χ4n) is 3.57. The van der Waals surface area contributed by atoms with Gasteiger partial charge < -0.3 is 14.5 Å². The van der Waals surface area contributed by atoms with Crippen LogP contribution >= 0.6 is 0 Å². The summed E-state index contributed by atoms with van der Waals surface area (Å²) in [4.78, 5) is 39.3. The summed E-state index contributed by atoms with van der Waals surface area (Å²) in [5.41, 5.74) is 1.79. The van der Waals surface area contributed by atoms with Gasteiger partial charge >= 0.3 is 0 Å². The highest BCUT2D eigenvalue weighted by Crippen LogP contribution is 2.24. The fraction of sp³-hybridized carbons (Fsp3) is 0.208. The second-order valence-electron chi connectivity index (χ2n) is 7.56. The molecule has 3 aromatic rings. The van der Waals surface area contributed by atoms with E-state index in [-0.39, 0.29) is 36.1 Å². The number of pyridine rings is 1. The molecule has 0 unspecified atom stereocenters. The van der Waals surface area contributed by atoms with Crippen LogP contribution in [0.1, 0.15) is 32.0 Å². The molecule has 1 aliphatic rings. The van der Waals surface area contributed by atoms with Crippen LogP contribution in [0.5, 0.6) is 11.5 Å². The minimum absolute atomic E-state index is 0.0292. The Hall–Kier alpha value is -4.07. The van der Waals surface area contributed by atoms with Crippen LogP contribution in [-0.2, 0) is 13.2 Å². The van der Waals surface area contributed by atoms with Gasteiger partial charge in [-0.3, -0.25) is 24.0 Å². The summed E-state index contributed by atoms with van der Waals surface area (Å²) < 4.78 is 12.6. The Bertz CT molecular complexity index is 1200. The maximum atomic E-state index is 12.7. The predicted octanol–water partition coefficient (Wildman–Crippen LogP) is 2.43. The number of hydrogen-bond donors (Lipinski definition) is 0. The number of nitrogens with zero attached hydrogens (tertiary/aromatic N) is 3. The first-order chi connectivity index (χ1) is 15.4. The van der Waals surface area contributed by atoms with E-state index in [9.17, 15) is 14.4 Å². The second-order valence-corrected chi connectivity index (χ2v) is 7.56. The van der Waals surface area contributed by atoms with E-state index < -0.39 is 0 Å². The smallest absolute Gasteiger partial charge is 0.261 e. The van der Waals surface area contributed by atoms with Crippen LogP contribution in [-0.4, -0.2) is 42.6 Å². The van der Waals surface area contributed by atoms with E-state index in [0.717, 1.165) is 16.2 Å². The molecule has 164 valence electrons. The molecule has 0 bridgehead atoms. The third kappa shape index (κ3) is 3.94. The monoisotopic (exact) mass is 433 g/mol. The van der Waals surface area contributed by atoms with Gasteiger partial charge in [0, 0.05) is 20.2 Å². The number of aromatic nitrogens is 1. The van der Waals surface area contributed by atoms with E-state index >= 15 is 0 Å². The van der Waals surface area contributed by atoms with Gasteiger partial charge in [-0.15, -0.1) is 0 Å². The Labute approximate surface area is 185 Å². The van der Waals surface area contributed by atoms with Crippen molar-refractivity contribution >= 4 is 11.8 Å². The quantitative estimate of drug-likeness (QED) is 0.533. The molecule has 0 spiro atoms. The van der Waals surface area contributed by atoms with Crippen molar-refractivity contribution in [2.24, 2.45) is 0 Å².